The van der Waals surface area contributed by atoms with Crippen molar-refractivity contribution in [3.8, 4) is 10.6 Å². The smallest absolute Gasteiger partial charge is 0.273 e. The Morgan fingerprint density at radius 2 is 2.10 bits per heavy atom. The number of nitrogens with two attached hydrogens (primary N) is 2. The van der Waals surface area contributed by atoms with E-state index in [2.05, 4.69) is 15.3 Å². The zero-order chi connectivity index (χ0) is 22.5. The number of aromatic nitrogens is 1. The van der Waals surface area contributed by atoms with E-state index in [1.807, 2.05) is 4.90 Å². The normalized spacial score (nSPS) is 18.4. The Morgan fingerprint density at radius 1 is 1.39 bits per heavy atom. The van der Waals surface area contributed by atoms with Crippen LogP contribution < -0.4 is 16.8 Å². The number of nitrogen functional groups attached to an aromatic ring is 1. The Balaban J connectivity index is 1.81. The highest BCUT2D eigenvalue weighted by Crippen LogP contribution is 2.33. The van der Waals surface area contributed by atoms with Crippen LogP contribution in [0.2, 0.25) is 0 Å². The topological polar surface area (TPSA) is 133 Å². The van der Waals surface area contributed by atoms with Gasteiger partial charge in [0.1, 0.15) is 33.5 Å². The molecule has 0 saturated carbocycles. The lowest BCUT2D eigenvalue weighted by Crippen LogP contribution is -2.50. The monoisotopic (exact) mass is 449 g/mol. The molecule has 1 saturated heterocycles. The van der Waals surface area contributed by atoms with E-state index in [9.17, 15) is 13.6 Å². The molecule has 2 atom stereocenters. The average molecular weight is 450 g/mol. The lowest BCUT2D eigenvalue weighted by atomic mass is 10.1. The number of hydrogen-bond acceptors (Lipinski definition) is 7. The minimum Gasteiger partial charge on any atom is -0.389 e. The molecule has 1 aromatic heterocycles. The van der Waals surface area contributed by atoms with Crippen molar-refractivity contribution in [1.29, 1.82) is 5.41 Å². The Morgan fingerprint density at radius 3 is 2.74 bits per heavy atom. The standard InChI is InChI=1S/C20H25F2N7OS/c1-26-18(29-8-3-4-11(24)7-9-29)14(10-23)27-19(30)16-17(25)31-20(28-16)15-12(21)5-2-6-13(15)22/h2,5-6,10-11,14,23H,3-4,7-9,24-25H2,1H3,(H,27,30). The van der Waals surface area contributed by atoms with Crippen LogP contribution in [-0.4, -0.2) is 60.1 Å². The second-order valence-electron chi connectivity index (χ2n) is 7.21. The predicted octanol–water partition coefficient (Wildman–Crippen LogP) is 2.26. The van der Waals surface area contributed by atoms with Crippen molar-refractivity contribution in [3.63, 3.8) is 0 Å². The fraction of sp³-hybridized carbons (Fsp3) is 0.400. The van der Waals surface area contributed by atoms with Crippen LogP contribution in [0.1, 0.15) is 29.8 Å². The number of hydrogen-bond donors (Lipinski definition) is 4. The van der Waals surface area contributed by atoms with Crippen molar-refractivity contribution < 1.29 is 13.6 Å². The molecule has 1 amide bonds. The average Bonchev–Trinajstić information content (AvgIpc) is 2.98. The number of amides is 1. The molecule has 2 heterocycles. The van der Waals surface area contributed by atoms with E-state index in [0.717, 1.165) is 55.5 Å². The van der Waals surface area contributed by atoms with Crippen molar-refractivity contribution in [1.82, 2.24) is 15.2 Å². The Labute approximate surface area is 182 Å². The minimum absolute atomic E-state index is 0.0228. The molecule has 1 fully saturated rings. The molecule has 0 radical (unpaired) electrons. The van der Waals surface area contributed by atoms with Crippen LogP contribution in [0.15, 0.2) is 23.2 Å². The molecule has 1 aromatic carbocycles. The first kappa shape index (κ1) is 22.8. The molecular formula is C20H25F2N7OS. The molecule has 0 aliphatic carbocycles. The SMILES string of the molecule is CN=C(C(C=N)NC(=O)c1nc(-c2c(F)cccc2F)sc1N)N1CCCC(N)CC1. The first-order chi connectivity index (χ1) is 14.8. The number of carbonyl (C=O) groups is 1. The van der Waals surface area contributed by atoms with Crippen LogP contribution in [0.5, 0.6) is 0 Å². The fourth-order valence-corrected chi connectivity index (χ4v) is 4.40. The number of carbonyl (C=O) groups excluding carboxylic acids is 1. The maximum Gasteiger partial charge on any atom is 0.273 e. The number of rotatable bonds is 5. The maximum atomic E-state index is 14.1. The fourth-order valence-electron chi connectivity index (χ4n) is 3.52. The van der Waals surface area contributed by atoms with Gasteiger partial charge in [-0.05, 0) is 31.4 Å². The Hall–Kier alpha value is -2.92. The van der Waals surface area contributed by atoms with Gasteiger partial charge in [0.15, 0.2) is 5.69 Å². The number of halogens is 2. The molecule has 1 aliphatic heterocycles. The molecule has 31 heavy (non-hydrogen) atoms. The molecule has 0 bridgehead atoms. The zero-order valence-corrected chi connectivity index (χ0v) is 17.9. The van der Waals surface area contributed by atoms with Crippen LogP contribution in [-0.2, 0) is 0 Å². The van der Waals surface area contributed by atoms with Gasteiger partial charge in [-0.2, -0.15) is 0 Å². The largest absolute Gasteiger partial charge is 0.389 e. The van der Waals surface area contributed by atoms with Gasteiger partial charge in [-0.15, -0.1) is 0 Å². The molecule has 8 nitrogen and oxygen atoms in total. The quantitative estimate of drug-likeness (QED) is 0.410. The second-order valence-corrected chi connectivity index (χ2v) is 8.24. The van der Waals surface area contributed by atoms with E-state index >= 15 is 0 Å². The van der Waals surface area contributed by atoms with Crippen molar-refractivity contribution in [3.05, 3.63) is 35.5 Å². The predicted molar refractivity (Wildman–Crippen MR) is 119 cm³/mol. The molecule has 2 unspecified atom stereocenters. The van der Waals surface area contributed by atoms with Gasteiger partial charge < -0.3 is 27.1 Å². The van der Waals surface area contributed by atoms with Crippen LogP contribution in [0, 0.1) is 17.0 Å². The van der Waals surface area contributed by atoms with E-state index < -0.39 is 23.6 Å². The number of thiazole rings is 1. The Bertz CT molecular complexity index is 974. The van der Waals surface area contributed by atoms with Gasteiger partial charge in [0.2, 0.25) is 0 Å². The number of aliphatic imine (C=N–C) groups is 1. The molecule has 11 heteroatoms. The number of nitrogens with zero attached hydrogens (tertiary/aromatic N) is 3. The van der Waals surface area contributed by atoms with E-state index in [4.69, 9.17) is 16.9 Å². The highest BCUT2D eigenvalue weighted by Gasteiger charge is 2.27. The summed E-state index contributed by atoms with van der Waals surface area (Å²) in [5.74, 6) is -1.71. The molecule has 6 N–H and O–H groups in total. The number of nitrogens with one attached hydrogen (secondary N) is 2. The summed E-state index contributed by atoms with van der Waals surface area (Å²) in [6, 6.07) is 2.77. The molecule has 166 valence electrons. The van der Waals surface area contributed by atoms with Gasteiger partial charge in [-0.25, -0.2) is 13.8 Å². The highest BCUT2D eigenvalue weighted by atomic mass is 32.1. The highest BCUT2D eigenvalue weighted by molar-refractivity contribution is 7.19. The maximum absolute atomic E-state index is 14.1. The molecule has 1 aliphatic rings. The summed E-state index contributed by atoms with van der Waals surface area (Å²) in [5, 5.41) is 10.5. The Kier molecular flexibility index (Phi) is 7.29. The number of amidine groups is 1. The molecule has 2 aromatic rings. The second kappa shape index (κ2) is 9.92. The van der Waals surface area contributed by atoms with Gasteiger partial charge in [0, 0.05) is 32.4 Å². The van der Waals surface area contributed by atoms with Crippen LogP contribution in [0.3, 0.4) is 0 Å². The number of likely N-dealkylation sites (tertiary alicyclic amines) is 1. The lowest BCUT2D eigenvalue weighted by molar-refractivity contribution is 0.0949. The van der Waals surface area contributed by atoms with Gasteiger partial charge in [-0.1, -0.05) is 17.4 Å². The van der Waals surface area contributed by atoms with Crippen molar-refractivity contribution >= 4 is 34.3 Å². The minimum atomic E-state index is -0.804. The molecule has 0 spiro atoms. The number of benzene rings is 1. The summed E-state index contributed by atoms with van der Waals surface area (Å²) < 4.78 is 28.2. The van der Waals surface area contributed by atoms with E-state index in [-0.39, 0.29) is 27.3 Å². The summed E-state index contributed by atoms with van der Waals surface area (Å²) >= 11 is 0.818. The van der Waals surface area contributed by atoms with E-state index in [1.54, 1.807) is 7.05 Å². The van der Waals surface area contributed by atoms with E-state index in [1.165, 1.54) is 6.07 Å². The molecular weight excluding hydrogens is 424 g/mol. The van der Waals surface area contributed by atoms with E-state index in [0.29, 0.717) is 12.4 Å². The third-order valence-electron chi connectivity index (χ3n) is 5.10. The summed E-state index contributed by atoms with van der Waals surface area (Å²) in [7, 11) is 1.60. The van der Waals surface area contributed by atoms with Crippen LogP contribution >= 0.6 is 11.3 Å². The molecule has 3 rings (SSSR count). The summed E-state index contributed by atoms with van der Waals surface area (Å²) in [5.41, 5.74) is 11.5. The van der Waals surface area contributed by atoms with Crippen molar-refractivity contribution in [2.45, 2.75) is 31.3 Å². The summed E-state index contributed by atoms with van der Waals surface area (Å²) in [6.45, 7) is 1.39. The van der Waals surface area contributed by atoms with Crippen LogP contribution in [0.25, 0.3) is 10.6 Å². The van der Waals surface area contributed by atoms with Gasteiger partial charge in [-0.3, -0.25) is 9.79 Å². The van der Waals surface area contributed by atoms with Crippen LogP contribution in [0.4, 0.5) is 13.8 Å². The summed E-state index contributed by atoms with van der Waals surface area (Å²) in [6.07, 6.45) is 3.65. The lowest BCUT2D eigenvalue weighted by Gasteiger charge is -2.28. The first-order valence-electron chi connectivity index (χ1n) is 9.85. The van der Waals surface area contributed by atoms with Gasteiger partial charge >= 0.3 is 0 Å². The van der Waals surface area contributed by atoms with Gasteiger partial charge in [0.05, 0.1) is 5.56 Å². The zero-order valence-electron chi connectivity index (χ0n) is 17.1. The van der Waals surface area contributed by atoms with Crippen molar-refractivity contribution in [2.75, 3.05) is 25.9 Å². The first-order valence-corrected chi connectivity index (χ1v) is 10.7. The van der Waals surface area contributed by atoms with Crippen molar-refractivity contribution in [2.24, 2.45) is 10.7 Å². The third kappa shape index (κ3) is 5.05. The van der Waals surface area contributed by atoms with Gasteiger partial charge in [0.25, 0.3) is 5.91 Å². The number of anilines is 1. The third-order valence-corrected chi connectivity index (χ3v) is 6.00. The summed E-state index contributed by atoms with van der Waals surface area (Å²) in [4.78, 5) is 23.2.